The fourth-order valence-electron chi connectivity index (χ4n) is 3.87. The minimum Gasteiger partial charge on any atom is -0.270 e. The number of para-hydroxylation sites is 1. The van der Waals surface area contributed by atoms with Crippen LogP contribution in [0.1, 0.15) is 36.2 Å². The molecule has 1 aliphatic heterocycles. The Hall–Kier alpha value is -2.71. The number of aryl methyl sites for hydroxylation is 1. The summed E-state index contributed by atoms with van der Waals surface area (Å²) in [6.07, 6.45) is 4.52. The molecule has 0 unspecified atom stereocenters. The van der Waals surface area contributed by atoms with Gasteiger partial charge in [-0.05, 0) is 44.9 Å². The summed E-state index contributed by atoms with van der Waals surface area (Å²) in [6.45, 7) is 5.86. The quantitative estimate of drug-likeness (QED) is 0.657. The first-order valence-corrected chi connectivity index (χ1v) is 11.8. The molecule has 0 atom stereocenters. The fraction of sp³-hybridized carbons (Fsp3) is 0.364. The van der Waals surface area contributed by atoms with Gasteiger partial charge in [0.1, 0.15) is 17.6 Å². The summed E-state index contributed by atoms with van der Waals surface area (Å²) in [5.74, 6) is 0.763. The smallest absolute Gasteiger partial charge is 0.270 e. The standard InChI is InChI=1S/C22H27N5O2S/c1-17-21(18(2)27(25-17)19-9-5-3-6-10-19)16-24-22-12-11-20(15-23-22)30(28,29)26-13-7-4-8-14-26/h3,5-6,9-12,15H,4,7-8,13-14,16H2,1-2H3,(H,23,24)/p+1. The SMILES string of the molecule is Cc1nn(-c2ccccc2)c(C)c1CNc1ccc(S(=O)(=O)N2CCCCC2)c[nH+]1. The molecule has 30 heavy (non-hydrogen) atoms. The van der Waals surface area contributed by atoms with Crippen LogP contribution in [-0.4, -0.2) is 35.6 Å². The van der Waals surface area contributed by atoms with Crippen LogP contribution in [0.15, 0.2) is 53.6 Å². The number of piperidine rings is 1. The van der Waals surface area contributed by atoms with Gasteiger partial charge in [-0.1, -0.05) is 24.6 Å². The molecular weight excluding hydrogens is 398 g/mol. The Bertz CT molecular complexity index is 1100. The van der Waals surface area contributed by atoms with Gasteiger partial charge in [-0.2, -0.15) is 9.40 Å². The summed E-state index contributed by atoms with van der Waals surface area (Å²) in [5, 5.41) is 8.02. The molecule has 0 aliphatic carbocycles. The first-order chi connectivity index (χ1) is 14.5. The van der Waals surface area contributed by atoms with E-state index in [-0.39, 0.29) is 0 Å². The van der Waals surface area contributed by atoms with E-state index in [4.69, 9.17) is 0 Å². The van der Waals surface area contributed by atoms with Crippen LogP contribution in [0.2, 0.25) is 0 Å². The van der Waals surface area contributed by atoms with Crippen molar-refractivity contribution in [2.75, 3.05) is 18.4 Å². The second kappa shape index (κ2) is 8.57. The largest absolute Gasteiger partial charge is 0.272 e. The van der Waals surface area contributed by atoms with Crippen molar-refractivity contribution in [3.8, 4) is 5.69 Å². The summed E-state index contributed by atoms with van der Waals surface area (Å²) in [4.78, 5) is 3.39. The molecule has 8 heteroatoms. The number of nitrogens with one attached hydrogen (secondary N) is 2. The lowest BCUT2D eigenvalue weighted by atomic mass is 10.2. The maximum atomic E-state index is 12.8. The Kier molecular flexibility index (Phi) is 5.87. The number of hydrogen-bond donors (Lipinski definition) is 1. The molecule has 158 valence electrons. The Morgan fingerprint density at radius 2 is 1.77 bits per heavy atom. The van der Waals surface area contributed by atoms with Gasteiger partial charge in [0, 0.05) is 30.4 Å². The zero-order valence-electron chi connectivity index (χ0n) is 17.4. The van der Waals surface area contributed by atoms with E-state index in [0.29, 0.717) is 24.5 Å². The second-order valence-corrected chi connectivity index (χ2v) is 9.59. The molecule has 1 saturated heterocycles. The molecule has 0 spiro atoms. The molecule has 7 nitrogen and oxygen atoms in total. The van der Waals surface area contributed by atoms with Gasteiger partial charge in [0.05, 0.1) is 11.4 Å². The zero-order chi connectivity index (χ0) is 21.1. The van der Waals surface area contributed by atoms with E-state index in [1.807, 2.05) is 41.9 Å². The van der Waals surface area contributed by atoms with Gasteiger partial charge in [-0.25, -0.2) is 18.1 Å². The third kappa shape index (κ3) is 4.11. The van der Waals surface area contributed by atoms with E-state index in [1.54, 1.807) is 22.6 Å². The number of anilines is 1. The van der Waals surface area contributed by atoms with E-state index in [0.717, 1.165) is 47.7 Å². The van der Waals surface area contributed by atoms with Gasteiger partial charge in [0.15, 0.2) is 0 Å². The lowest BCUT2D eigenvalue weighted by Crippen LogP contribution is -2.36. The third-order valence-electron chi connectivity index (χ3n) is 5.63. The average Bonchev–Trinajstić information content (AvgIpc) is 3.07. The predicted octanol–water partition coefficient (Wildman–Crippen LogP) is 3.09. The van der Waals surface area contributed by atoms with Crippen molar-refractivity contribution >= 4 is 15.8 Å². The van der Waals surface area contributed by atoms with Crippen molar-refractivity contribution in [2.24, 2.45) is 0 Å². The molecule has 0 radical (unpaired) electrons. The van der Waals surface area contributed by atoms with Crippen LogP contribution < -0.4 is 10.3 Å². The highest BCUT2D eigenvalue weighted by Crippen LogP contribution is 2.21. The van der Waals surface area contributed by atoms with Gasteiger partial charge < -0.3 is 0 Å². The number of sulfonamides is 1. The molecule has 0 saturated carbocycles. The van der Waals surface area contributed by atoms with Crippen LogP contribution in [0, 0.1) is 13.8 Å². The number of nitrogens with zero attached hydrogens (tertiary/aromatic N) is 3. The van der Waals surface area contributed by atoms with Crippen LogP contribution in [0.5, 0.6) is 0 Å². The van der Waals surface area contributed by atoms with Gasteiger partial charge in [0.2, 0.25) is 10.0 Å². The van der Waals surface area contributed by atoms with Crippen LogP contribution in [-0.2, 0) is 16.6 Å². The maximum Gasteiger partial charge on any atom is 0.272 e. The minimum absolute atomic E-state index is 0.305. The summed E-state index contributed by atoms with van der Waals surface area (Å²) in [6, 6.07) is 13.5. The maximum absolute atomic E-state index is 12.8. The number of hydrogen-bond acceptors (Lipinski definition) is 4. The number of H-pyrrole nitrogens is 1. The number of aromatic nitrogens is 3. The molecule has 1 aliphatic rings. The normalized spacial score (nSPS) is 15.3. The molecule has 0 amide bonds. The topological polar surface area (TPSA) is 81.4 Å². The Morgan fingerprint density at radius 1 is 1.03 bits per heavy atom. The van der Waals surface area contributed by atoms with Crippen LogP contribution in [0.25, 0.3) is 5.69 Å². The molecule has 1 fully saturated rings. The first-order valence-electron chi connectivity index (χ1n) is 10.3. The number of aromatic amines is 1. The van der Waals surface area contributed by atoms with E-state index >= 15 is 0 Å². The van der Waals surface area contributed by atoms with Crippen molar-refractivity contribution in [1.82, 2.24) is 14.1 Å². The van der Waals surface area contributed by atoms with Crippen molar-refractivity contribution in [1.29, 1.82) is 0 Å². The fourth-order valence-corrected chi connectivity index (χ4v) is 5.36. The Labute approximate surface area is 177 Å². The van der Waals surface area contributed by atoms with E-state index in [9.17, 15) is 8.42 Å². The van der Waals surface area contributed by atoms with Crippen LogP contribution in [0.4, 0.5) is 5.82 Å². The molecule has 0 bridgehead atoms. The number of rotatable bonds is 6. The lowest BCUT2D eigenvalue weighted by Gasteiger charge is -2.25. The van der Waals surface area contributed by atoms with Crippen molar-refractivity contribution in [3.05, 3.63) is 65.6 Å². The molecular formula is C22H28N5O2S+. The predicted molar refractivity (Wildman–Crippen MR) is 116 cm³/mol. The van der Waals surface area contributed by atoms with Crippen molar-refractivity contribution in [3.63, 3.8) is 0 Å². The minimum atomic E-state index is -3.43. The molecule has 3 aromatic rings. The van der Waals surface area contributed by atoms with Crippen molar-refractivity contribution in [2.45, 2.75) is 44.6 Å². The first kappa shape index (κ1) is 20.6. The molecule has 3 heterocycles. The third-order valence-corrected chi connectivity index (χ3v) is 7.53. The van der Waals surface area contributed by atoms with Gasteiger partial charge in [-0.3, -0.25) is 5.32 Å². The summed E-state index contributed by atoms with van der Waals surface area (Å²) >= 11 is 0. The Balaban J connectivity index is 1.47. The summed E-state index contributed by atoms with van der Waals surface area (Å²) in [5.41, 5.74) is 4.20. The number of benzene rings is 1. The molecule has 2 N–H and O–H groups in total. The van der Waals surface area contributed by atoms with E-state index in [2.05, 4.69) is 22.3 Å². The molecule has 4 rings (SSSR count). The monoisotopic (exact) mass is 426 g/mol. The highest BCUT2D eigenvalue weighted by molar-refractivity contribution is 7.89. The van der Waals surface area contributed by atoms with Crippen LogP contribution >= 0.6 is 0 Å². The van der Waals surface area contributed by atoms with Gasteiger partial charge in [0.25, 0.3) is 5.82 Å². The van der Waals surface area contributed by atoms with E-state index < -0.39 is 10.0 Å². The van der Waals surface area contributed by atoms with Crippen LogP contribution in [0.3, 0.4) is 0 Å². The molecule has 2 aromatic heterocycles. The van der Waals surface area contributed by atoms with Gasteiger partial charge >= 0.3 is 0 Å². The zero-order valence-corrected chi connectivity index (χ0v) is 18.2. The second-order valence-electron chi connectivity index (χ2n) is 7.65. The highest BCUT2D eigenvalue weighted by atomic mass is 32.2. The van der Waals surface area contributed by atoms with Crippen molar-refractivity contribution < 1.29 is 13.4 Å². The summed E-state index contributed by atoms with van der Waals surface area (Å²) < 4.78 is 29.1. The lowest BCUT2D eigenvalue weighted by molar-refractivity contribution is -0.364. The van der Waals surface area contributed by atoms with E-state index in [1.165, 1.54) is 0 Å². The Morgan fingerprint density at radius 3 is 2.43 bits per heavy atom. The highest BCUT2D eigenvalue weighted by Gasteiger charge is 2.27. The average molecular weight is 427 g/mol. The van der Waals surface area contributed by atoms with Gasteiger partial charge in [-0.15, -0.1) is 0 Å². The number of pyridine rings is 1. The summed E-state index contributed by atoms with van der Waals surface area (Å²) in [7, 11) is -3.43. The molecule has 1 aromatic carbocycles.